The standard InChI is InChI=1S/C10H22N2O2/c1-9(2)8-14-7-6-11-4-5-12-10(3)13/h9,11H,4-8H2,1-3H3,(H,12,13). The summed E-state index contributed by atoms with van der Waals surface area (Å²) in [6.45, 7) is 9.64. The predicted octanol–water partition coefficient (Wildman–Crippen LogP) is 0.385. The summed E-state index contributed by atoms with van der Waals surface area (Å²) in [4.78, 5) is 10.5. The summed E-state index contributed by atoms with van der Waals surface area (Å²) in [6.07, 6.45) is 0. The molecule has 4 heteroatoms. The first-order valence-electron chi connectivity index (χ1n) is 5.16. The molecule has 4 nitrogen and oxygen atoms in total. The van der Waals surface area contributed by atoms with Gasteiger partial charge in [0.15, 0.2) is 0 Å². The molecule has 0 unspecified atom stereocenters. The number of hydrogen-bond donors (Lipinski definition) is 2. The zero-order chi connectivity index (χ0) is 10.8. The van der Waals surface area contributed by atoms with E-state index >= 15 is 0 Å². The van der Waals surface area contributed by atoms with E-state index in [-0.39, 0.29) is 5.91 Å². The van der Waals surface area contributed by atoms with Gasteiger partial charge in [-0.25, -0.2) is 0 Å². The van der Waals surface area contributed by atoms with Crippen LogP contribution in [0.4, 0.5) is 0 Å². The van der Waals surface area contributed by atoms with Crippen molar-refractivity contribution < 1.29 is 9.53 Å². The summed E-state index contributed by atoms with van der Waals surface area (Å²) < 4.78 is 5.37. The third kappa shape index (κ3) is 11.4. The summed E-state index contributed by atoms with van der Waals surface area (Å²) >= 11 is 0. The second-order valence-electron chi connectivity index (χ2n) is 3.70. The Morgan fingerprint density at radius 3 is 2.57 bits per heavy atom. The molecule has 84 valence electrons. The molecule has 2 N–H and O–H groups in total. The fraction of sp³-hybridized carbons (Fsp3) is 0.900. The van der Waals surface area contributed by atoms with Crippen LogP contribution in [0.15, 0.2) is 0 Å². The minimum Gasteiger partial charge on any atom is -0.380 e. The smallest absolute Gasteiger partial charge is 0.216 e. The summed E-state index contributed by atoms with van der Waals surface area (Å²) in [5, 5.41) is 5.89. The van der Waals surface area contributed by atoms with E-state index in [9.17, 15) is 4.79 Å². The first-order chi connectivity index (χ1) is 6.63. The van der Waals surface area contributed by atoms with Crippen molar-refractivity contribution in [3.05, 3.63) is 0 Å². The number of carbonyl (C=O) groups is 1. The molecule has 0 aromatic carbocycles. The molecule has 0 aromatic rings. The summed E-state index contributed by atoms with van der Waals surface area (Å²) in [6, 6.07) is 0. The SMILES string of the molecule is CC(=O)NCCNCCOCC(C)C. The molecular formula is C10H22N2O2. The van der Waals surface area contributed by atoms with Gasteiger partial charge >= 0.3 is 0 Å². The van der Waals surface area contributed by atoms with Crippen LogP contribution in [-0.4, -0.2) is 38.8 Å². The number of ether oxygens (including phenoxy) is 1. The fourth-order valence-electron chi connectivity index (χ4n) is 0.915. The Hall–Kier alpha value is -0.610. The van der Waals surface area contributed by atoms with E-state index in [1.165, 1.54) is 6.92 Å². The molecule has 0 rings (SSSR count). The largest absolute Gasteiger partial charge is 0.380 e. The first kappa shape index (κ1) is 13.4. The molecular weight excluding hydrogens is 180 g/mol. The molecule has 0 heterocycles. The number of amides is 1. The van der Waals surface area contributed by atoms with E-state index in [0.29, 0.717) is 12.5 Å². The van der Waals surface area contributed by atoms with Crippen LogP contribution in [0.3, 0.4) is 0 Å². The maximum absolute atomic E-state index is 10.5. The topological polar surface area (TPSA) is 50.4 Å². The van der Waals surface area contributed by atoms with Crippen molar-refractivity contribution in [2.75, 3.05) is 32.8 Å². The van der Waals surface area contributed by atoms with Gasteiger partial charge in [0, 0.05) is 33.2 Å². The van der Waals surface area contributed by atoms with E-state index in [0.717, 1.165) is 26.3 Å². The maximum atomic E-state index is 10.5. The van der Waals surface area contributed by atoms with Crippen molar-refractivity contribution in [3.8, 4) is 0 Å². The lowest BCUT2D eigenvalue weighted by Crippen LogP contribution is -2.31. The van der Waals surface area contributed by atoms with Crippen LogP contribution in [0, 0.1) is 5.92 Å². The third-order valence-corrected chi connectivity index (χ3v) is 1.55. The van der Waals surface area contributed by atoms with Gasteiger partial charge < -0.3 is 15.4 Å². The molecule has 0 fully saturated rings. The Labute approximate surface area is 86.4 Å². The lowest BCUT2D eigenvalue weighted by atomic mass is 10.2. The first-order valence-corrected chi connectivity index (χ1v) is 5.16. The average Bonchev–Trinajstić information content (AvgIpc) is 2.08. The van der Waals surface area contributed by atoms with Gasteiger partial charge in [-0.15, -0.1) is 0 Å². The lowest BCUT2D eigenvalue weighted by molar-refractivity contribution is -0.118. The van der Waals surface area contributed by atoms with Gasteiger partial charge in [0.1, 0.15) is 0 Å². The lowest BCUT2D eigenvalue weighted by Gasteiger charge is -2.07. The molecule has 14 heavy (non-hydrogen) atoms. The number of hydrogen-bond acceptors (Lipinski definition) is 3. The highest BCUT2D eigenvalue weighted by molar-refractivity contribution is 5.72. The monoisotopic (exact) mass is 202 g/mol. The minimum atomic E-state index is 0.0165. The molecule has 0 atom stereocenters. The van der Waals surface area contributed by atoms with Gasteiger partial charge in [-0.05, 0) is 5.92 Å². The van der Waals surface area contributed by atoms with Gasteiger partial charge in [-0.2, -0.15) is 0 Å². The Morgan fingerprint density at radius 1 is 1.29 bits per heavy atom. The third-order valence-electron chi connectivity index (χ3n) is 1.55. The van der Waals surface area contributed by atoms with Crippen LogP contribution in [0.2, 0.25) is 0 Å². The van der Waals surface area contributed by atoms with Crippen molar-refractivity contribution in [2.45, 2.75) is 20.8 Å². The van der Waals surface area contributed by atoms with Crippen molar-refractivity contribution in [2.24, 2.45) is 5.92 Å². The highest BCUT2D eigenvalue weighted by Gasteiger charge is 1.93. The summed E-state index contributed by atoms with van der Waals surface area (Å²) in [7, 11) is 0. The van der Waals surface area contributed by atoms with Crippen LogP contribution in [0.5, 0.6) is 0 Å². The minimum absolute atomic E-state index is 0.0165. The molecule has 0 bridgehead atoms. The van der Waals surface area contributed by atoms with Crippen molar-refractivity contribution in [1.29, 1.82) is 0 Å². The van der Waals surface area contributed by atoms with Gasteiger partial charge in [-0.3, -0.25) is 4.79 Å². The number of nitrogens with one attached hydrogen (secondary N) is 2. The number of rotatable bonds is 8. The second kappa shape index (κ2) is 8.97. The molecule has 0 aliphatic carbocycles. The summed E-state index contributed by atoms with van der Waals surface area (Å²) in [5.74, 6) is 0.609. The highest BCUT2D eigenvalue weighted by atomic mass is 16.5. The zero-order valence-corrected chi connectivity index (χ0v) is 9.43. The molecule has 0 aliphatic heterocycles. The van der Waals surface area contributed by atoms with E-state index in [1.807, 2.05) is 0 Å². The second-order valence-corrected chi connectivity index (χ2v) is 3.70. The molecule has 1 amide bonds. The molecule has 0 aromatic heterocycles. The molecule has 0 saturated heterocycles. The van der Waals surface area contributed by atoms with Gasteiger partial charge in [0.2, 0.25) is 5.91 Å². The predicted molar refractivity (Wildman–Crippen MR) is 57.2 cm³/mol. The Bertz CT molecular complexity index is 149. The quantitative estimate of drug-likeness (QED) is 0.560. The Morgan fingerprint density at radius 2 is 2.00 bits per heavy atom. The van der Waals surface area contributed by atoms with Crippen LogP contribution >= 0.6 is 0 Å². The molecule has 0 aliphatic rings. The fourth-order valence-corrected chi connectivity index (χ4v) is 0.915. The van der Waals surface area contributed by atoms with Crippen LogP contribution < -0.4 is 10.6 Å². The molecule has 0 spiro atoms. The van der Waals surface area contributed by atoms with Crippen LogP contribution in [0.25, 0.3) is 0 Å². The molecule has 0 radical (unpaired) electrons. The van der Waals surface area contributed by atoms with Gasteiger partial charge in [0.25, 0.3) is 0 Å². The van der Waals surface area contributed by atoms with Crippen molar-refractivity contribution in [1.82, 2.24) is 10.6 Å². The summed E-state index contributed by atoms with van der Waals surface area (Å²) in [5.41, 5.74) is 0. The van der Waals surface area contributed by atoms with Crippen LogP contribution in [-0.2, 0) is 9.53 Å². The van der Waals surface area contributed by atoms with E-state index in [2.05, 4.69) is 24.5 Å². The number of carbonyl (C=O) groups excluding carboxylic acids is 1. The van der Waals surface area contributed by atoms with Crippen molar-refractivity contribution >= 4 is 5.91 Å². The van der Waals surface area contributed by atoms with E-state index in [1.54, 1.807) is 0 Å². The van der Waals surface area contributed by atoms with E-state index < -0.39 is 0 Å². The van der Waals surface area contributed by atoms with Crippen LogP contribution in [0.1, 0.15) is 20.8 Å². The van der Waals surface area contributed by atoms with E-state index in [4.69, 9.17) is 4.74 Å². The average molecular weight is 202 g/mol. The van der Waals surface area contributed by atoms with Crippen molar-refractivity contribution in [3.63, 3.8) is 0 Å². The molecule has 0 saturated carbocycles. The van der Waals surface area contributed by atoms with Gasteiger partial charge in [0.05, 0.1) is 6.61 Å². The maximum Gasteiger partial charge on any atom is 0.216 e. The highest BCUT2D eigenvalue weighted by Crippen LogP contribution is 1.90. The zero-order valence-electron chi connectivity index (χ0n) is 9.43. The Balaban J connectivity index is 2.96. The van der Waals surface area contributed by atoms with Gasteiger partial charge in [-0.1, -0.05) is 13.8 Å². The normalized spacial score (nSPS) is 10.6. The Kier molecular flexibility index (Phi) is 8.57.